The third kappa shape index (κ3) is 1.62. The number of ether oxygens (including phenoxy) is 1. The van der Waals surface area contributed by atoms with Crippen molar-refractivity contribution in [2.45, 2.75) is 50.6 Å². The first-order valence-corrected chi connectivity index (χ1v) is 6.48. The van der Waals surface area contributed by atoms with Gasteiger partial charge in [-0.1, -0.05) is 31.4 Å². The molecule has 1 saturated heterocycles. The summed E-state index contributed by atoms with van der Waals surface area (Å²) in [5.41, 5.74) is 0. The molecule has 1 saturated carbocycles. The topological polar surface area (TPSA) is 29.5 Å². The molecule has 1 amide bonds. The van der Waals surface area contributed by atoms with Gasteiger partial charge < -0.3 is 4.74 Å². The Hall–Kier alpha value is -0.990. The molecule has 3 nitrogen and oxygen atoms in total. The van der Waals surface area contributed by atoms with E-state index >= 15 is 0 Å². The molecule has 0 bridgehead atoms. The maximum atomic E-state index is 11.7. The summed E-state index contributed by atoms with van der Waals surface area (Å²) in [4.78, 5) is 13.7. The lowest BCUT2D eigenvalue weighted by Gasteiger charge is -2.39. The summed E-state index contributed by atoms with van der Waals surface area (Å²) in [5, 5.41) is 0. The number of amides is 1. The maximum Gasteiger partial charge on any atom is 0.410 e. The zero-order valence-corrected chi connectivity index (χ0v) is 9.60. The molecule has 0 aromatic heterocycles. The number of carbonyl (C=O) groups excluding carboxylic acids is 1. The van der Waals surface area contributed by atoms with Crippen molar-refractivity contribution in [1.82, 2.24) is 4.90 Å². The Morgan fingerprint density at radius 2 is 2.06 bits per heavy atom. The fourth-order valence-electron chi connectivity index (χ4n) is 3.40. The Balaban J connectivity index is 1.78. The van der Waals surface area contributed by atoms with Crippen molar-refractivity contribution in [3.63, 3.8) is 0 Å². The van der Waals surface area contributed by atoms with Crippen molar-refractivity contribution >= 4 is 6.09 Å². The van der Waals surface area contributed by atoms with Crippen molar-refractivity contribution in [3.8, 4) is 0 Å². The van der Waals surface area contributed by atoms with E-state index in [9.17, 15) is 4.79 Å². The number of rotatable bonds is 1. The van der Waals surface area contributed by atoms with Gasteiger partial charge in [-0.05, 0) is 25.2 Å². The molecule has 0 spiro atoms. The molecule has 2 atom stereocenters. The van der Waals surface area contributed by atoms with Gasteiger partial charge in [-0.25, -0.2) is 4.79 Å². The van der Waals surface area contributed by atoms with Crippen LogP contribution in [0.15, 0.2) is 12.2 Å². The fourth-order valence-corrected chi connectivity index (χ4v) is 3.40. The monoisotopic (exact) mass is 221 g/mol. The minimum Gasteiger partial charge on any atom is -0.447 e. The average molecular weight is 221 g/mol. The highest BCUT2D eigenvalue weighted by Crippen LogP contribution is 2.35. The Bertz CT molecular complexity index is 307. The zero-order valence-electron chi connectivity index (χ0n) is 9.60. The van der Waals surface area contributed by atoms with Crippen LogP contribution in [0.25, 0.3) is 0 Å². The second-order valence-electron chi connectivity index (χ2n) is 5.18. The minimum absolute atomic E-state index is 0.0927. The molecule has 2 aliphatic heterocycles. The van der Waals surface area contributed by atoms with Gasteiger partial charge in [0.1, 0.15) is 6.61 Å². The number of nitrogens with zero attached hydrogens (tertiary/aromatic N) is 1. The molecule has 16 heavy (non-hydrogen) atoms. The molecule has 3 aliphatic rings. The molecular weight excluding hydrogens is 202 g/mol. The predicted octanol–water partition coefficient (Wildman–Crippen LogP) is 2.72. The van der Waals surface area contributed by atoms with Gasteiger partial charge >= 0.3 is 6.09 Å². The van der Waals surface area contributed by atoms with Crippen molar-refractivity contribution in [1.29, 1.82) is 0 Å². The molecule has 88 valence electrons. The summed E-state index contributed by atoms with van der Waals surface area (Å²) in [6, 6.07) is 0.624. The van der Waals surface area contributed by atoms with E-state index in [4.69, 9.17) is 4.74 Å². The normalized spacial score (nSPS) is 35.0. The quantitative estimate of drug-likeness (QED) is 0.637. The third-order valence-electron chi connectivity index (χ3n) is 4.23. The van der Waals surface area contributed by atoms with Gasteiger partial charge in [0.15, 0.2) is 0 Å². The molecule has 0 aromatic carbocycles. The van der Waals surface area contributed by atoms with E-state index in [-0.39, 0.29) is 12.1 Å². The molecule has 0 aromatic rings. The summed E-state index contributed by atoms with van der Waals surface area (Å²) in [5.74, 6) is 0.701. The SMILES string of the molecule is O=C1OC[C@H]2C=CC[C@H](C3CCCCC3)N12. The van der Waals surface area contributed by atoms with E-state index < -0.39 is 0 Å². The van der Waals surface area contributed by atoms with Gasteiger partial charge in [-0.2, -0.15) is 0 Å². The number of hydrogen-bond acceptors (Lipinski definition) is 2. The molecule has 1 aliphatic carbocycles. The summed E-state index contributed by atoms with van der Waals surface area (Å²) in [6.45, 7) is 0.554. The van der Waals surface area contributed by atoms with Crippen LogP contribution in [0.2, 0.25) is 0 Å². The molecule has 3 rings (SSSR count). The maximum absolute atomic E-state index is 11.7. The lowest BCUT2D eigenvalue weighted by Crippen LogP contribution is -2.47. The number of cyclic esters (lactones) is 1. The highest BCUT2D eigenvalue weighted by atomic mass is 16.6. The molecule has 0 radical (unpaired) electrons. The van der Waals surface area contributed by atoms with Crippen molar-refractivity contribution < 1.29 is 9.53 Å². The van der Waals surface area contributed by atoms with Gasteiger partial charge in [-0.3, -0.25) is 4.90 Å². The van der Waals surface area contributed by atoms with Crippen molar-refractivity contribution in [2.24, 2.45) is 5.92 Å². The molecule has 3 heteroatoms. The zero-order chi connectivity index (χ0) is 11.0. The van der Waals surface area contributed by atoms with Crippen LogP contribution >= 0.6 is 0 Å². The second-order valence-corrected chi connectivity index (χ2v) is 5.18. The van der Waals surface area contributed by atoms with Gasteiger partial charge in [0.05, 0.1) is 6.04 Å². The summed E-state index contributed by atoms with van der Waals surface area (Å²) in [7, 11) is 0. The molecule has 2 heterocycles. The van der Waals surface area contributed by atoms with Crippen LogP contribution in [0.1, 0.15) is 38.5 Å². The Morgan fingerprint density at radius 3 is 2.88 bits per heavy atom. The highest BCUT2D eigenvalue weighted by Gasteiger charge is 2.41. The summed E-state index contributed by atoms with van der Waals surface area (Å²) < 4.78 is 5.16. The van der Waals surface area contributed by atoms with Crippen molar-refractivity contribution in [3.05, 3.63) is 12.2 Å². The molecular formula is C13H19NO2. The van der Waals surface area contributed by atoms with Crippen LogP contribution < -0.4 is 0 Å². The third-order valence-corrected chi connectivity index (χ3v) is 4.23. The summed E-state index contributed by atoms with van der Waals surface area (Å²) >= 11 is 0. The number of carbonyl (C=O) groups is 1. The Morgan fingerprint density at radius 1 is 1.25 bits per heavy atom. The molecule has 2 fully saturated rings. The van der Waals surface area contributed by atoms with Crippen LogP contribution in [0.3, 0.4) is 0 Å². The van der Waals surface area contributed by atoms with Gasteiger partial charge in [-0.15, -0.1) is 0 Å². The van der Waals surface area contributed by atoms with Crippen LogP contribution in [0.4, 0.5) is 4.79 Å². The predicted molar refractivity (Wildman–Crippen MR) is 61.1 cm³/mol. The fraction of sp³-hybridized carbons (Fsp3) is 0.769. The first-order valence-electron chi connectivity index (χ1n) is 6.48. The lowest BCUT2D eigenvalue weighted by atomic mass is 9.80. The number of hydrogen-bond donors (Lipinski definition) is 0. The molecule has 0 N–H and O–H groups in total. The van der Waals surface area contributed by atoms with Gasteiger partial charge in [0.25, 0.3) is 0 Å². The average Bonchev–Trinajstić information content (AvgIpc) is 2.73. The highest BCUT2D eigenvalue weighted by molar-refractivity contribution is 5.71. The van der Waals surface area contributed by atoms with Gasteiger partial charge in [0, 0.05) is 6.04 Å². The van der Waals surface area contributed by atoms with E-state index in [2.05, 4.69) is 12.2 Å². The lowest BCUT2D eigenvalue weighted by molar-refractivity contribution is 0.115. The molecule has 0 unspecified atom stereocenters. The first kappa shape index (κ1) is 10.2. The smallest absolute Gasteiger partial charge is 0.410 e. The van der Waals surface area contributed by atoms with E-state index in [1.54, 1.807) is 0 Å². The van der Waals surface area contributed by atoms with E-state index in [1.165, 1.54) is 32.1 Å². The largest absolute Gasteiger partial charge is 0.447 e. The van der Waals surface area contributed by atoms with Crippen LogP contribution in [-0.2, 0) is 4.74 Å². The Labute approximate surface area is 96.4 Å². The minimum atomic E-state index is -0.0927. The van der Waals surface area contributed by atoms with E-state index in [0.717, 1.165) is 6.42 Å². The van der Waals surface area contributed by atoms with E-state index in [0.29, 0.717) is 18.6 Å². The summed E-state index contributed by atoms with van der Waals surface area (Å²) in [6.07, 6.45) is 11.9. The van der Waals surface area contributed by atoms with Crippen LogP contribution in [0, 0.1) is 5.92 Å². The standard InChI is InChI=1S/C13H19NO2/c15-13-14-11(9-16-13)7-4-8-12(14)10-5-2-1-3-6-10/h4,7,10-12H,1-3,5-6,8-9H2/t11-,12-/m1/s1. The van der Waals surface area contributed by atoms with Crippen LogP contribution in [-0.4, -0.2) is 29.7 Å². The first-order chi connectivity index (χ1) is 7.86. The van der Waals surface area contributed by atoms with Gasteiger partial charge in [0.2, 0.25) is 0 Å². The van der Waals surface area contributed by atoms with Crippen molar-refractivity contribution in [2.75, 3.05) is 6.61 Å². The second kappa shape index (κ2) is 4.11. The van der Waals surface area contributed by atoms with Crippen LogP contribution in [0.5, 0.6) is 0 Å². The number of fused-ring (bicyclic) bond motifs is 1. The Kier molecular flexibility index (Phi) is 2.62. The van der Waals surface area contributed by atoms with E-state index in [1.807, 2.05) is 4.90 Å².